The molecule has 22 heavy (non-hydrogen) atoms. The number of benzene rings is 1. The van der Waals surface area contributed by atoms with Gasteiger partial charge in [0.2, 0.25) is 11.8 Å². The summed E-state index contributed by atoms with van der Waals surface area (Å²) in [5, 5.41) is 15.4. The number of anilines is 1. The number of hydrogen-bond acceptors (Lipinski definition) is 5. The number of carboxylic acids is 1. The Morgan fingerprint density at radius 1 is 1.32 bits per heavy atom. The molecule has 116 valence electrons. The van der Waals surface area contributed by atoms with E-state index in [0.717, 1.165) is 5.56 Å². The highest BCUT2D eigenvalue weighted by Gasteiger charge is 2.10. The van der Waals surface area contributed by atoms with E-state index >= 15 is 0 Å². The van der Waals surface area contributed by atoms with Crippen LogP contribution in [0.25, 0.3) is 0 Å². The summed E-state index contributed by atoms with van der Waals surface area (Å²) in [5.74, 6) is -0.126. The van der Waals surface area contributed by atoms with Gasteiger partial charge in [0.25, 0.3) is 0 Å². The van der Waals surface area contributed by atoms with Gasteiger partial charge in [-0.25, -0.2) is 4.79 Å². The third kappa shape index (κ3) is 4.15. The molecule has 7 nitrogen and oxygen atoms in total. The minimum Gasteiger partial charge on any atom is -0.478 e. The van der Waals surface area contributed by atoms with Crippen molar-refractivity contribution in [3.8, 4) is 0 Å². The number of carboxylic acid groups (broad SMARTS) is 1. The van der Waals surface area contributed by atoms with Crippen LogP contribution in [0.1, 0.15) is 40.5 Å². The van der Waals surface area contributed by atoms with E-state index in [-0.39, 0.29) is 17.9 Å². The number of carbonyl (C=O) groups excluding carboxylic acids is 1. The van der Waals surface area contributed by atoms with Gasteiger partial charge in [0, 0.05) is 18.5 Å². The Kier molecular flexibility index (Phi) is 4.88. The third-order valence-electron chi connectivity index (χ3n) is 3.12. The second-order valence-electron chi connectivity index (χ2n) is 4.97. The molecule has 0 aliphatic heterocycles. The Hall–Kier alpha value is -2.70. The number of amides is 1. The van der Waals surface area contributed by atoms with Crippen molar-refractivity contribution in [2.75, 3.05) is 5.32 Å². The molecule has 2 rings (SSSR count). The van der Waals surface area contributed by atoms with Crippen LogP contribution < -0.4 is 5.32 Å². The molecule has 0 spiro atoms. The smallest absolute Gasteiger partial charge is 0.335 e. The number of rotatable bonds is 6. The van der Waals surface area contributed by atoms with E-state index in [4.69, 9.17) is 9.63 Å². The quantitative estimate of drug-likeness (QED) is 0.848. The number of aromatic nitrogens is 2. The van der Waals surface area contributed by atoms with Gasteiger partial charge in [-0.05, 0) is 38.0 Å². The van der Waals surface area contributed by atoms with Crippen molar-refractivity contribution >= 4 is 17.6 Å². The molecule has 1 aromatic heterocycles. The van der Waals surface area contributed by atoms with Gasteiger partial charge in [0.15, 0.2) is 5.82 Å². The molecule has 2 N–H and O–H groups in total. The molecule has 1 heterocycles. The SMILES string of the molecule is Cc1noc(CCCC(=O)Nc2cc(C(=O)O)ccc2C)n1. The summed E-state index contributed by atoms with van der Waals surface area (Å²) < 4.78 is 4.97. The van der Waals surface area contributed by atoms with Crippen LogP contribution in [-0.2, 0) is 11.2 Å². The fourth-order valence-electron chi connectivity index (χ4n) is 1.94. The predicted molar refractivity (Wildman–Crippen MR) is 78.7 cm³/mol. The summed E-state index contributed by atoms with van der Waals surface area (Å²) in [7, 11) is 0. The van der Waals surface area contributed by atoms with Crippen molar-refractivity contribution in [3.05, 3.63) is 41.0 Å². The first-order chi connectivity index (χ1) is 10.5. The van der Waals surface area contributed by atoms with Gasteiger partial charge in [-0.3, -0.25) is 4.79 Å². The maximum atomic E-state index is 11.9. The minimum atomic E-state index is -1.03. The lowest BCUT2D eigenvalue weighted by Crippen LogP contribution is -2.13. The first kappa shape index (κ1) is 15.7. The third-order valence-corrected chi connectivity index (χ3v) is 3.12. The van der Waals surface area contributed by atoms with Gasteiger partial charge < -0.3 is 14.9 Å². The van der Waals surface area contributed by atoms with E-state index in [0.29, 0.717) is 30.2 Å². The average molecular weight is 303 g/mol. The maximum Gasteiger partial charge on any atom is 0.335 e. The molecule has 0 radical (unpaired) electrons. The van der Waals surface area contributed by atoms with Crippen LogP contribution >= 0.6 is 0 Å². The molecule has 0 aliphatic rings. The lowest BCUT2D eigenvalue weighted by atomic mass is 10.1. The molecule has 7 heteroatoms. The average Bonchev–Trinajstić information content (AvgIpc) is 2.86. The summed E-state index contributed by atoms with van der Waals surface area (Å²) in [6.45, 7) is 3.54. The highest BCUT2D eigenvalue weighted by molar-refractivity contribution is 5.94. The van der Waals surface area contributed by atoms with Crippen LogP contribution in [0.3, 0.4) is 0 Å². The maximum absolute atomic E-state index is 11.9. The highest BCUT2D eigenvalue weighted by Crippen LogP contribution is 2.17. The predicted octanol–water partition coefficient (Wildman–Crippen LogP) is 2.35. The van der Waals surface area contributed by atoms with Crippen molar-refractivity contribution < 1.29 is 19.2 Å². The van der Waals surface area contributed by atoms with Gasteiger partial charge >= 0.3 is 5.97 Å². The van der Waals surface area contributed by atoms with E-state index in [2.05, 4.69) is 15.5 Å². The van der Waals surface area contributed by atoms with Crippen LogP contribution in [-0.4, -0.2) is 27.1 Å². The molecule has 2 aromatic rings. The summed E-state index contributed by atoms with van der Waals surface area (Å²) in [6.07, 6.45) is 1.39. The van der Waals surface area contributed by atoms with Crippen LogP contribution in [0, 0.1) is 13.8 Å². The molecular formula is C15H17N3O4. The number of carbonyl (C=O) groups is 2. The van der Waals surface area contributed by atoms with E-state index in [1.165, 1.54) is 12.1 Å². The molecular weight excluding hydrogens is 286 g/mol. The highest BCUT2D eigenvalue weighted by atomic mass is 16.5. The van der Waals surface area contributed by atoms with Crippen LogP contribution in [0.15, 0.2) is 22.7 Å². The largest absolute Gasteiger partial charge is 0.478 e. The lowest BCUT2D eigenvalue weighted by molar-refractivity contribution is -0.116. The second kappa shape index (κ2) is 6.84. The van der Waals surface area contributed by atoms with E-state index in [1.807, 2.05) is 6.92 Å². The standard InChI is InChI=1S/C15H17N3O4/c1-9-6-7-11(15(20)21)8-12(9)17-13(19)4-3-5-14-16-10(2)18-22-14/h6-8H,3-5H2,1-2H3,(H,17,19)(H,20,21). The second-order valence-corrected chi connectivity index (χ2v) is 4.97. The van der Waals surface area contributed by atoms with Crippen LogP contribution in [0.5, 0.6) is 0 Å². The summed E-state index contributed by atoms with van der Waals surface area (Å²) in [5.41, 5.74) is 1.46. The summed E-state index contributed by atoms with van der Waals surface area (Å²) in [6, 6.07) is 4.63. The molecule has 0 unspecified atom stereocenters. The van der Waals surface area contributed by atoms with E-state index < -0.39 is 5.97 Å². The molecule has 0 saturated carbocycles. The van der Waals surface area contributed by atoms with Gasteiger partial charge in [0.05, 0.1) is 5.56 Å². The molecule has 0 saturated heterocycles. The molecule has 0 bridgehead atoms. The molecule has 0 fully saturated rings. The summed E-state index contributed by atoms with van der Waals surface area (Å²) in [4.78, 5) is 26.9. The van der Waals surface area contributed by atoms with Gasteiger partial charge in [0.1, 0.15) is 0 Å². The zero-order chi connectivity index (χ0) is 16.1. The minimum absolute atomic E-state index is 0.141. The van der Waals surface area contributed by atoms with Crippen LogP contribution in [0.2, 0.25) is 0 Å². The van der Waals surface area contributed by atoms with Gasteiger partial charge in [-0.2, -0.15) is 4.98 Å². The number of nitrogens with one attached hydrogen (secondary N) is 1. The van der Waals surface area contributed by atoms with Gasteiger partial charge in [-0.15, -0.1) is 0 Å². The van der Waals surface area contributed by atoms with Crippen molar-refractivity contribution in [1.29, 1.82) is 0 Å². The zero-order valence-electron chi connectivity index (χ0n) is 12.4. The topological polar surface area (TPSA) is 105 Å². The van der Waals surface area contributed by atoms with Crippen molar-refractivity contribution in [2.45, 2.75) is 33.1 Å². The Bertz CT molecular complexity index is 694. The number of nitrogens with zero attached hydrogens (tertiary/aromatic N) is 2. The molecule has 1 aromatic carbocycles. The normalized spacial score (nSPS) is 10.5. The van der Waals surface area contributed by atoms with E-state index in [1.54, 1.807) is 13.0 Å². The Morgan fingerprint density at radius 2 is 2.09 bits per heavy atom. The fraction of sp³-hybridized carbons (Fsp3) is 0.333. The molecule has 0 atom stereocenters. The first-order valence-corrected chi connectivity index (χ1v) is 6.88. The summed E-state index contributed by atoms with van der Waals surface area (Å²) >= 11 is 0. The Morgan fingerprint density at radius 3 is 2.73 bits per heavy atom. The van der Waals surface area contributed by atoms with E-state index in [9.17, 15) is 9.59 Å². The lowest BCUT2D eigenvalue weighted by Gasteiger charge is -2.09. The fourth-order valence-corrected chi connectivity index (χ4v) is 1.94. The molecule has 1 amide bonds. The van der Waals surface area contributed by atoms with Crippen molar-refractivity contribution in [2.24, 2.45) is 0 Å². The zero-order valence-corrected chi connectivity index (χ0v) is 12.4. The van der Waals surface area contributed by atoms with Crippen LogP contribution in [0.4, 0.5) is 5.69 Å². The Labute approximate surface area is 127 Å². The number of aromatic carboxylic acids is 1. The first-order valence-electron chi connectivity index (χ1n) is 6.88. The van der Waals surface area contributed by atoms with Gasteiger partial charge in [-0.1, -0.05) is 11.2 Å². The van der Waals surface area contributed by atoms with Crippen molar-refractivity contribution in [1.82, 2.24) is 10.1 Å². The monoisotopic (exact) mass is 303 g/mol. The van der Waals surface area contributed by atoms with Crippen molar-refractivity contribution in [3.63, 3.8) is 0 Å². The number of aryl methyl sites for hydroxylation is 3. The molecule has 0 aliphatic carbocycles. The number of hydrogen-bond donors (Lipinski definition) is 2. The Balaban J connectivity index is 1.89.